The molecule has 1 saturated carbocycles. The van der Waals surface area contributed by atoms with Crippen LogP contribution in [0.4, 0.5) is 0 Å². The average Bonchev–Trinajstić information content (AvgIpc) is 3.38. The number of nitriles is 1. The number of fused-ring (bicyclic) bond motifs is 3. The van der Waals surface area contributed by atoms with Gasteiger partial charge < -0.3 is 16.0 Å². The Morgan fingerprint density at radius 2 is 2.17 bits per heavy atom. The molecule has 2 fully saturated rings. The van der Waals surface area contributed by atoms with Crippen molar-refractivity contribution in [3.05, 3.63) is 49.1 Å². The molecule has 3 aromatic rings. The van der Waals surface area contributed by atoms with Gasteiger partial charge >= 0.3 is 0 Å². The molecule has 35 heavy (non-hydrogen) atoms. The second-order valence-electron chi connectivity index (χ2n) is 9.38. The van der Waals surface area contributed by atoms with Gasteiger partial charge in [-0.25, -0.2) is 0 Å². The smallest absolute Gasteiger partial charge is 0.258 e. The second-order valence-corrected chi connectivity index (χ2v) is 11.5. The quantitative estimate of drug-likeness (QED) is 0.407. The molecule has 3 aliphatic rings. The van der Waals surface area contributed by atoms with Crippen LogP contribution < -0.4 is 11.1 Å². The fourth-order valence-electron chi connectivity index (χ4n) is 5.84. The van der Waals surface area contributed by atoms with E-state index in [0.29, 0.717) is 29.6 Å². The van der Waals surface area contributed by atoms with Crippen LogP contribution in [0.25, 0.3) is 0 Å². The number of amides is 2. The minimum absolute atomic E-state index is 0.0283. The summed E-state index contributed by atoms with van der Waals surface area (Å²) in [7, 11) is 0. The van der Waals surface area contributed by atoms with Gasteiger partial charge in [-0.3, -0.25) is 9.59 Å². The van der Waals surface area contributed by atoms with Gasteiger partial charge in [0.15, 0.2) is 5.82 Å². The number of tetrazole rings is 1. The zero-order chi connectivity index (χ0) is 24.2. The van der Waals surface area contributed by atoms with E-state index in [2.05, 4.69) is 43.5 Å². The van der Waals surface area contributed by atoms with Gasteiger partial charge in [-0.1, -0.05) is 5.21 Å². The van der Waals surface area contributed by atoms with E-state index in [4.69, 9.17) is 5.73 Å². The monoisotopic (exact) mass is 508 g/mol. The zero-order valence-corrected chi connectivity index (χ0v) is 20.5. The number of nitrogens with two attached hydrogens (primary N) is 1. The number of piperidine rings is 1. The number of likely N-dealkylation sites (tertiary alicyclic amines) is 1. The van der Waals surface area contributed by atoms with Crippen molar-refractivity contribution in [2.45, 2.75) is 49.6 Å². The van der Waals surface area contributed by atoms with Crippen molar-refractivity contribution in [2.75, 3.05) is 13.1 Å². The number of hydrogen-bond acceptors (Lipinski definition) is 9. The summed E-state index contributed by atoms with van der Waals surface area (Å²) in [6.07, 6.45) is 4.03. The molecule has 2 unspecified atom stereocenters. The third-order valence-corrected chi connectivity index (χ3v) is 9.71. The normalized spacial score (nSPS) is 26.4. The lowest BCUT2D eigenvalue weighted by Crippen LogP contribution is -2.44. The first-order chi connectivity index (χ1) is 17.0. The Morgan fingerprint density at radius 1 is 1.31 bits per heavy atom. The van der Waals surface area contributed by atoms with Gasteiger partial charge in [0, 0.05) is 15.8 Å². The number of primary amides is 1. The van der Waals surface area contributed by atoms with Crippen LogP contribution in [0.5, 0.6) is 0 Å². The molecule has 1 saturated heterocycles. The molecule has 10 nitrogen and oxygen atoms in total. The highest BCUT2D eigenvalue weighted by atomic mass is 32.1. The molecule has 180 valence electrons. The molecular formula is C23H24N8O2S2. The third kappa shape index (κ3) is 3.57. The highest BCUT2D eigenvalue weighted by molar-refractivity contribution is 7.14. The molecule has 4 heterocycles. The number of hydrogen-bond donors (Lipinski definition) is 3. The van der Waals surface area contributed by atoms with Crippen LogP contribution >= 0.6 is 22.7 Å². The number of aromatic nitrogens is 4. The fourth-order valence-corrected chi connectivity index (χ4v) is 7.89. The van der Waals surface area contributed by atoms with Crippen LogP contribution in [0.3, 0.4) is 0 Å². The Morgan fingerprint density at radius 3 is 2.94 bits per heavy atom. The summed E-state index contributed by atoms with van der Waals surface area (Å²) in [5.41, 5.74) is 7.01. The van der Waals surface area contributed by atoms with E-state index in [1.54, 1.807) is 16.2 Å². The Bertz CT molecular complexity index is 1330. The number of carbonyl (C=O) groups is 2. The molecule has 2 amide bonds. The number of nitrogens with one attached hydrogen (secondary N) is 2. The fraction of sp³-hybridized carbons (Fsp3) is 0.478. The number of rotatable bonds is 7. The second kappa shape index (κ2) is 8.51. The van der Waals surface area contributed by atoms with Gasteiger partial charge in [-0.05, 0) is 73.2 Å². The first kappa shape index (κ1) is 22.3. The number of nitrogens with zero attached hydrogens (tertiary/aromatic N) is 5. The van der Waals surface area contributed by atoms with E-state index in [1.807, 2.05) is 6.07 Å². The van der Waals surface area contributed by atoms with Gasteiger partial charge in [-0.2, -0.15) is 10.5 Å². The lowest BCUT2D eigenvalue weighted by molar-refractivity contribution is -0.131. The molecule has 4 atom stereocenters. The van der Waals surface area contributed by atoms with E-state index in [-0.39, 0.29) is 24.5 Å². The molecule has 2 aliphatic carbocycles. The van der Waals surface area contributed by atoms with Crippen LogP contribution in [0.2, 0.25) is 0 Å². The Balaban J connectivity index is 1.30. The number of aromatic amines is 1. The Labute approximate surface area is 209 Å². The summed E-state index contributed by atoms with van der Waals surface area (Å²) < 4.78 is 0. The summed E-state index contributed by atoms with van der Waals surface area (Å²) >= 11 is 3.14. The maximum Gasteiger partial charge on any atom is 0.258 e. The molecule has 4 N–H and O–H groups in total. The third-order valence-electron chi connectivity index (χ3n) is 7.52. The van der Waals surface area contributed by atoms with Crippen molar-refractivity contribution in [3.63, 3.8) is 0 Å². The van der Waals surface area contributed by atoms with E-state index in [1.165, 1.54) is 16.2 Å². The molecule has 12 heteroatoms. The molecule has 0 radical (unpaired) electrons. The summed E-state index contributed by atoms with van der Waals surface area (Å²) in [5, 5.41) is 30.1. The summed E-state index contributed by atoms with van der Waals surface area (Å²) in [4.78, 5) is 29.6. The van der Waals surface area contributed by atoms with Crippen molar-refractivity contribution in [2.24, 2.45) is 11.7 Å². The summed E-state index contributed by atoms with van der Waals surface area (Å²) in [6, 6.07) is 6.18. The average molecular weight is 509 g/mol. The standard InChI is InChI=1S/C23H24N8O2S2/c24-10-13-7-12-8-16(12)31(13)20(32)11-26-5-4-23(22-27-29-30-28-22)14-3-6-34-17(14)1-2-18-15(23)9-19(35-18)21(25)33/h3,6,9,12-13,16,26H,1-2,4-5,7-8,11H2,(H2,25,33)(H,27,28,29,30)/t12-,13?,16+,23?/m1/s1. The Hall–Kier alpha value is -3.14. The minimum atomic E-state index is -0.723. The van der Waals surface area contributed by atoms with Crippen molar-refractivity contribution < 1.29 is 9.59 Å². The molecular weight excluding hydrogens is 484 g/mol. The van der Waals surface area contributed by atoms with E-state index in [0.717, 1.165) is 41.7 Å². The van der Waals surface area contributed by atoms with Gasteiger partial charge in [-0.15, -0.1) is 32.9 Å². The number of aryl methyl sites for hydroxylation is 2. The topological polar surface area (TPSA) is 154 Å². The largest absolute Gasteiger partial charge is 0.365 e. The predicted octanol–water partition coefficient (Wildman–Crippen LogP) is 1.35. The highest BCUT2D eigenvalue weighted by Gasteiger charge is 2.54. The SMILES string of the molecule is N#CC1C[C@@H]2C[C@@H]2N1C(=O)CNCCC1(c2nn[nH]n2)c2ccsc2CCc2sc(C(N)=O)cc21. The Kier molecular flexibility index (Phi) is 5.43. The number of carbonyl (C=O) groups excluding carboxylic acids is 2. The molecule has 0 bridgehead atoms. The molecule has 0 spiro atoms. The molecule has 3 aromatic heterocycles. The minimum Gasteiger partial charge on any atom is -0.365 e. The summed E-state index contributed by atoms with van der Waals surface area (Å²) in [6.45, 7) is 0.680. The predicted molar refractivity (Wildman–Crippen MR) is 129 cm³/mol. The molecule has 6 rings (SSSR count). The van der Waals surface area contributed by atoms with E-state index >= 15 is 0 Å². The van der Waals surface area contributed by atoms with E-state index in [9.17, 15) is 14.9 Å². The van der Waals surface area contributed by atoms with Gasteiger partial charge in [0.1, 0.15) is 6.04 Å². The van der Waals surface area contributed by atoms with Crippen LogP contribution in [0, 0.1) is 17.2 Å². The van der Waals surface area contributed by atoms with Crippen molar-refractivity contribution in [1.82, 2.24) is 30.8 Å². The number of H-pyrrole nitrogens is 1. The van der Waals surface area contributed by atoms with E-state index < -0.39 is 11.3 Å². The maximum absolute atomic E-state index is 12.9. The van der Waals surface area contributed by atoms with Crippen LogP contribution in [-0.4, -0.2) is 62.5 Å². The van der Waals surface area contributed by atoms with Crippen LogP contribution in [0.15, 0.2) is 17.5 Å². The maximum atomic E-state index is 12.9. The molecule has 0 aromatic carbocycles. The lowest BCUT2D eigenvalue weighted by Gasteiger charge is -2.31. The number of thiophene rings is 2. The van der Waals surface area contributed by atoms with Gasteiger partial charge in [0.05, 0.1) is 22.9 Å². The van der Waals surface area contributed by atoms with Crippen LogP contribution in [0.1, 0.15) is 55.6 Å². The van der Waals surface area contributed by atoms with Crippen molar-refractivity contribution >= 4 is 34.5 Å². The van der Waals surface area contributed by atoms with Crippen molar-refractivity contribution in [1.29, 1.82) is 5.26 Å². The van der Waals surface area contributed by atoms with Crippen molar-refractivity contribution in [3.8, 4) is 6.07 Å². The highest BCUT2D eigenvalue weighted by Crippen LogP contribution is 2.49. The first-order valence-electron chi connectivity index (χ1n) is 11.7. The van der Waals surface area contributed by atoms with Gasteiger partial charge in [0.25, 0.3) is 5.91 Å². The summed E-state index contributed by atoms with van der Waals surface area (Å²) in [5.74, 6) is 0.548. The zero-order valence-electron chi connectivity index (χ0n) is 18.9. The van der Waals surface area contributed by atoms with Crippen LogP contribution in [-0.2, 0) is 23.1 Å². The van der Waals surface area contributed by atoms with Gasteiger partial charge in [0.2, 0.25) is 5.91 Å². The first-order valence-corrected chi connectivity index (χ1v) is 13.4. The lowest BCUT2D eigenvalue weighted by atomic mass is 9.72. The molecule has 1 aliphatic heterocycles.